The first-order valence-electron chi connectivity index (χ1n) is 6.94. The van der Waals surface area contributed by atoms with Crippen molar-refractivity contribution in [2.24, 2.45) is 17.3 Å². The minimum absolute atomic E-state index is 0.219. The zero-order chi connectivity index (χ0) is 15.2. The van der Waals surface area contributed by atoms with Crippen molar-refractivity contribution in [2.75, 3.05) is 5.32 Å². The summed E-state index contributed by atoms with van der Waals surface area (Å²) in [6, 6.07) is 13.5. The van der Waals surface area contributed by atoms with Crippen LogP contribution in [-0.4, -0.2) is 17.0 Å². The maximum Gasteiger partial charge on any atom is 0.307 e. The molecule has 0 saturated heterocycles. The molecule has 3 rings (SSSR count). The summed E-state index contributed by atoms with van der Waals surface area (Å²) in [7, 11) is 0. The molecule has 2 aromatic carbocycles. The van der Waals surface area contributed by atoms with E-state index in [1.165, 1.54) is 0 Å². The van der Waals surface area contributed by atoms with Gasteiger partial charge in [-0.25, -0.2) is 0 Å². The second-order valence-corrected chi connectivity index (χ2v) is 6.13. The number of benzene rings is 2. The van der Waals surface area contributed by atoms with Crippen molar-refractivity contribution in [3.8, 4) is 0 Å². The summed E-state index contributed by atoms with van der Waals surface area (Å²) < 4.78 is 0. The van der Waals surface area contributed by atoms with E-state index in [4.69, 9.17) is 5.11 Å². The summed E-state index contributed by atoms with van der Waals surface area (Å²) in [5.41, 5.74) is 0.241. The Labute approximate surface area is 122 Å². The molecular weight excluding hydrogens is 266 g/mol. The van der Waals surface area contributed by atoms with E-state index >= 15 is 0 Å². The van der Waals surface area contributed by atoms with E-state index in [2.05, 4.69) is 5.32 Å². The van der Waals surface area contributed by atoms with Crippen molar-refractivity contribution in [3.05, 3.63) is 42.5 Å². The number of amides is 1. The van der Waals surface area contributed by atoms with Crippen molar-refractivity contribution in [2.45, 2.75) is 13.8 Å². The van der Waals surface area contributed by atoms with Crippen molar-refractivity contribution < 1.29 is 14.7 Å². The van der Waals surface area contributed by atoms with E-state index in [-0.39, 0.29) is 5.91 Å². The number of carboxylic acids is 1. The molecule has 2 unspecified atom stereocenters. The van der Waals surface area contributed by atoms with E-state index < -0.39 is 23.2 Å². The number of carboxylic acid groups (broad SMARTS) is 1. The summed E-state index contributed by atoms with van der Waals surface area (Å²) >= 11 is 0. The highest BCUT2D eigenvalue weighted by atomic mass is 16.4. The van der Waals surface area contributed by atoms with Crippen molar-refractivity contribution in [1.29, 1.82) is 0 Å². The molecule has 1 saturated carbocycles. The molecule has 0 aliphatic heterocycles. The van der Waals surface area contributed by atoms with Gasteiger partial charge in [0, 0.05) is 11.1 Å². The minimum Gasteiger partial charge on any atom is -0.481 e. The van der Waals surface area contributed by atoms with Crippen LogP contribution in [0.3, 0.4) is 0 Å². The molecule has 21 heavy (non-hydrogen) atoms. The predicted molar refractivity (Wildman–Crippen MR) is 81.0 cm³/mol. The van der Waals surface area contributed by atoms with Gasteiger partial charge in [0.1, 0.15) is 0 Å². The molecule has 4 heteroatoms. The normalized spacial score (nSPS) is 22.8. The van der Waals surface area contributed by atoms with E-state index in [0.29, 0.717) is 0 Å². The number of anilines is 1. The molecule has 2 N–H and O–H groups in total. The van der Waals surface area contributed by atoms with Crippen molar-refractivity contribution in [3.63, 3.8) is 0 Å². The van der Waals surface area contributed by atoms with Gasteiger partial charge in [-0.2, -0.15) is 0 Å². The van der Waals surface area contributed by atoms with E-state index in [1.807, 2.05) is 56.3 Å². The molecule has 1 aliphatic rings. The Balaban J connectivity index is 1.87. The van der Waals surface area contributed by atoms with Crippen LogP contribution >= 0.6 is 0 Å². The lowest BCUT2D eigenvalue weighted by Crippen LogP contribution is -2.17. The average molecular weight is 283 g/mol. The molecular formula is C17H17NO3. The molecule has 108 valence electrons. The largest absolute Gasteiger partial charge is 0.481 e. The zero-order valence-corrected chi connectivity index (χ0v) is 12.0. The summed E-state index contributed by atoms with van der Waals surface area (Å²) in [4.78, 5) is 23.6. The predicted octanol–water partition coefficient (Wildman–Crippen LogP) is 3.14. The van der Waals surface area contributed by atoms with Gasteiger partial charge in [0.2, 0.25) is 5.91 Å². The van der Waals surface area contributed by atoms with Gasteiger partial charge in [-0.15, -0.1) is 0 Å². The number of carbonyl (C=O) groups excluding carboxylic acids is 1. The molecule has 1 fully saturated rings. The lowest BCUT2D eigenvalue weighted by atomic mass is 10.1. The van der Waals surface area contributed by atoms with Gasteiger partial charge in [0.05, 0.1) is 11.8 Å². The summed E-state index contributed by atoms with van der Waals surface area (Å²) in [6.07, 6.45) is 0. The minimum atomic E-state index is -0.905. The van der Waals surface area contributed by atoms with Crippen LogP contribution in [0.25, 0.3) is 10.8 Å². The second kappa shape index (κ2) is 4.58. The van der Waals surface area contributed by atoms with Crippen LogP contribution in [-0.2, 0) is 9.59 Å². The maximum absolute atomic E-state index is 12.4. The first-order chi connectivity index (χ1) is 9.93. The third kappa shape index (κ3) is 2.17. The number of nitrogens with one attached hydrogen (secondary N) is 1. The van der Waals surface area contributed by atoms with Gasteiger partial charge in [-0.05, 0) is 16.9 Å². The smallest absolute Gasteiger partial charge is 0.307 e. The molecule has 0 spiro atoms. The first kappa shape index (κ1) is 13.6. The van der Waals surface area contributed by atoms with Crippen LogP contribution in [0.4, 0.5) is 5.69 Å². The van der Waals surface area contributed by atoms with Crippen molar-refractivity contribution in [1.82, 2.24) is 0 Å². The topological polar surface area (TPSA) is 66.4 Å². The Morgan fingerprint density at radius 1 is 1.05 bits per heavy atom. The average Bonchev–Trinajstić information content (AvgIpc) is 3.02. The standard InChI is InChI=1S/C17H17NO3/c1-17(2)13(14(17)16(20)21)15(19)18-12-9-5-7-10-6-3-4-8-11(10)12/h3-9,13-14H,1-2H3,(H,18,19)(H,20,21). The third-order valence-corrected chi connectivity index (χ3v) is 4.42. The molecule has 0 bridgehead atoms. The fourth-order valence-corrected chi connectivity index (χ4v) is 3.13. The summed E-state index contributed by atoms with van der Waals surface area (Å²) in [6.45, 7) is 3.64. The van der Waals surface area contributed by atoms with Gasteiger partial charge < -0.3 is 10.4 Å². The van der Waals surface area contributed by atoms with Gasteiger partial charge in [0.25, 0.3) is 0 Å². The fraction of sp³-hybridized carbons (Fsp3) is 0.294. The zero-order valence-electron chi connectivity index (χ0n) is 12.0. The van der Waals surface area contributed by atoms with Gasteiger partial charge in [-0.1, -0.05) is 50.2 Å². The number of hydrogen-bond donors (Lipinski definition) is 2. The lowest BCUT2D eigenvalue weighted by molar-refractivity contribution is -0.140. The number of rotatable bonds is 3. The van der Waals surface area contributed by atoms with E-state index in [0.717, 1.165) is 16.5 Å². The highest BCUT2D eigenvalue weighted by molar-refractivity contribution is 6.05. The van der Waals surface area contributed by atoms with Crippen LogP contribution in [0.1, 0.15) is 13.8 Å². The van der Waals surface area contributed by atoms with Gasteiger partial charge in [0.15, 0.2) is 0 Å². The van der Waals surface area contributed by atoms with Crippen LogP contribution in [0.2, 0.25) is 0 Å². The Morgan fingerprint density at radius 2 is 1.71 bits per heavy atom. The number of aliphatic carboxylic acids is 1. The first-order valence-corrected chi connectivity index (χ1v) is 6.94. The number of fused-ring (bicyclic) bond motifs is 1. The lowest BCUT2D eigenvalue weighted by Gasteiger charge is -2.09. The SMILES string of the molecule is CC1(C)C(C(=O)O)C1C(=O)Nc1cccc2ccccc12. The van der Waals surface area contributed by atoms with Crippen LogP contribution < -0.4 is 5.32 Å². The molecule has 1 amide bonds. The van der Waals surface area contributed by atoms with Gasteiger partial charge >= 0.3 is 5.97 Å². The highest BCUT2D eigenvalue weighted by Gasteiger charge is 2.65. The molecule has 2 aromatic rings. The van der Waals surface area contributed by atoms with E-state index in [9.17, 15) is 9.59 Å². The Morgan fingerprint density at radius 3 is 2.38 bits per heavy atom. The second-order valence-electron chi connectivity index (χ2n) is 6.13. The fourth-order valence-electron chi connectivity index (χ4n) is 3.13. The van der Waals surface area contributed by atoms with Gasteiger partial charge in [-0.3, -0.25) is 9.59 Å². The van der Waals surface area contributed by atoms with Crippen LogP contribution in [0, 0.1) is 17.3 Å². The molecule has 4 nitrogen and oxygen atoms in total. The molecule has 0 aromatic heterocycles. The Kier molecular flexibility index (Phi) is 2.97. The number of hydrogen-bond acceptors (Lipinski definition) is 2. The molecule has 0 heterocycles. The molecule has 1 aliphatic carbocycles. The van der Waals surface area contributed by atoms with Crippen LogP contribution in [0.15, 0.2) is 42.5 Å². The highest BCUT2D eigenvalue weighted by Crippen LogP contribution is 2.58. The Hall–Kier alpha value is -2.36. The monoisotopic (exact) mass is 283 g/mol. The van der Waals surface area contributed by atoms with Crippen molar-refractivity contribution >= 4 is 28.3 Å². The molecule has 0 radical (unpaired) electrons. The summed E-state index contributed by atoms with van der Waals surface area (Å²) in [5.74, 6) is -2.21. The number of carbonyl (C=O) groups is 2. The van der Waals surface area contributed by atoms with E-state index in [1.54, 1.807) is 0 Å². The Bertz CT molecular complexity index is 730. The third-order valence-electron chi connectivity index (χ3n) is 4.42. The maximum atomic E-state index is 12.4. The quantitative estimate of drug-likeness (QED) is 0.909. The summed E-state index contributed by atoms with van der Waals surface area (Å²) in [5, 5.41) is 14.1. The molecule has 2 atom stereocenters. The van der Waals surface area contributed by atoms with Crippen LogP contribution in [0.5, 0.6) is 0 Å².